The van der Waals surface area contributed by atoms with Crippen molar-refractivity contribution in [2.75, 3.05) is 39.4 Å². The zero-order valence-electron chi connectivity index (χ0n) is 13.3. The molecular weight excluding hydrogens is 332 g/mol. The Kier molecular flexibility index (Phi) is 3.97. The maximum Gasteiger partial charge on any atom is 0.273 e. The third-order valence-electron chi connectivity index (χ3n) is 4.55. The molecule has 2 atom stereocenters. The molecule has 0 aromatic carbocycles. The molecule has 1 aromatic rings. The first kappa shape index (κ1) is 15.5. The van der Waals surface area contributed by atoms with Crippen LogP contribution in [0.4, 0.5) is 0 Å². The molecule has 0 unspecified atom stereocenters. The number of rotatable bonds is 2. The van der Waals surface area contributed by atoms with Gasteiger partial charge in [-0.05, 0) is 6.92 Å². The molecule has 128 valence electrons. The molecule has 3 aliphatic rings. The second-order valence-electron chi connectivity index (χ2n) is 6.09. The Bertz CT molecular complexity index is 697. The molecule has 0 bridgehead atoms. The Labute approximate surface area is 143 Å². The second kappa shape index (κ2) is 6.14. The highest BCUT2D eigenvalue weighted by atomic mass is 32.1. The lowest BCUT2D eigenvalue weighted by Crippen LogP contribution is -2.46. The van der Waals surface area contributed by atoms with E-state index in [0.29, 0.717) is 50.8 Å². The van der Waals surface area contributed by atoms with Crippen molar-refractivity contribution in [3.63, 3.8) is 0 Å². The number of hydrogen-bond donors (Lipinski definition) is 0. The van der Waals surface area contributed by atoms with Gasteiger partial charge in [-0.2, -0.15) is 0 Å². The van der Waals surface area contributed by atoms with Crippen molar-refractivity contribution in [2.24, 2.45) is 11.1 Å². The fraction of sp³-hybridized carbons (Fsp3) is 0.600. The summed E-state index contributed by atoms with van der Waals surface area (Å²) in [5.74, 6) is -0.385. The smallest absolute Gasteiger partial charge is 0.273 e. The summed E-state index contributed by atoms with van der Waals surface area (Å²) in [5.41, 5.74) is 0.877. The molecule has 2 saturated heterocycles. The van der Waals surface area contributed by atoms with Gasteiger partial charge in [0.05, 0.1) is 30.7 Å². The monoisotopic (exact) mass is 350 g/mol. The Morgan fingerprint density at radius 2 is 2.00 bits per heavy atom. The van der Waals surface area contributed by atoms with E-state index in [-0.39, 0.29) is 23.8 Å². The van der Waals surface area contributed by atoms with Crippen LogP contribution in [0, 0.1) is 12.8 Å². The zero-order valence-corrected chi connectivity index (χ0v) is 14.1. The molecule has 1 aromatic heterocycles. The standard InChI is InChI=1S/C15H18N4O4S/c1-9-16-11(8-24-9)14(20)19-6-10-12(7-19)23-17-13(10)15(21)18-2-4-22-5-3-18/h8,10,12H,2-7H2,1H3/t10-,12+/m0/s1. The van der Waals surface area contributed by atoms with E-state index < -0.39 is 0 Å². The van der Waals surface area contributed by atoms with Crippen molar-refractivity contribution in [1.29, 1.82) is 0 Å². The van der Waals surface area contributed by atoms with Crippen LogP contribution in [0.2, 0.25) is 0 Å². The minimum atomic E-state index is -0.242. The summed E-state index contributed by atoms with van der Waals surface area (Å²) in [7, 11) is 0. The number of fused-ring (bicyclic) bond motifs is 1. The average Bonchev–Trinajstić information content (AvgIpc) is 3.29. The molecular formula is C15H18N4O4S. The summed E-state index contributed by atoms with van der Waals surface area (Å²) in [5, 5.41) is 6.62. The third kappa shape index (κ3) is 2.67. The first-order valence-corrected chi connectivity index (χ1v) is 8.83. The van der Waals surface area contributed by atoms with Crippen LogP contribution in [0.15, 0.2) is 10.5 Å². The van der Waals surface area contributed by atoms with Crippen LogP contribution in [0.1, 0.15) is 15.5 Å². The largest absolute Gasteiger partial charge is 0.389 e. The van der Waals surface area contributed by atoms with Crippen LogP contribution in [0.3, 0.4) is 0 Å². The van der Waals surface area contributed by atoms with Crippen molar-refractivity contribution in [3.05, 3.63) is 16.1 Å². The predicted octanol–water partition coefficient (Wildman–Crippen LogP) is 0.137. The van der Waals surface area contributed by atoms with Gasteiger partial charge in [-0.25, -0.2) is 4.98 Å². The Morgan fingerprint density at radius 1 is 1.21 bits per heavy atom. The summed E-state index contributed by atoms with van der Waals surface area (Å²) in [6, 6.07) is 0. The molecule has 2 fully saturated rings. The van der Waals surface area contributed by atoms with Gasteiger partial charge in [0.2, 0.25) is 0 Å². The number of nitrogens with zero attached hydrogens (tertiary/aromatic N) is 4. The van der Waals surface area contributed by atoms with E-state index in [4.69, 9.17) is 9.57 Å². The summed E-state index contributed by atoms with van der Waals surface area (Å²) in [6.45, 7) is 4.96. The molecule has 24 heavy (non-hydrogen) atoms. The number of ether oxygens (including phenoxy) is 1. The average molecular weight is 350 g/mol. The van der Waals surface area contributed by atoms with E-state index >= 15 is 0 Å². The number of hydrogen-bond acceptors (Lipinski definition) is 7. The van der Waals surface area contributed by atoms with Gasteiger partial charge in [-0.3, -0.25) is 9.59 Å². The third-order valence-corrected chi connectivity index (χ3v) is 5.32. The summed E-state index contributed by atoms with van der Waals surface area (Å²) in [4.78, 5) is 38.3. The predicted molar refractivity (Wildman–Crippen MR) is 86.0 cm³/mol. The van der Waals surface area contributed by atoms with Crippen molar-refractivity contribution in [2.45, 2.75) is 13.0 Å². The molecule has 0 N–H and O–H groups in total. The number of carbonyl (C=O) groups excluding carboxylic acids is 2. The number of likely N-dealkylation sites (tertiary alicyclic amines) is 1. The van der Waals surface area contributed by atoms with Crippen LogP contribution >= 0.6 is 11.3 Å². The van der Waals surface area contributed by atoms with Gasteiger partial charge in [0, 0.05) is 25.0 Å². The van der Waals surface area contributed by atoms with Crippen LogP contribution in [0.25, 0.3) is 0 Å². The normalized spacial score (nSPS) is 26.1. The number of carbonyl (C=O) groups is 2. The molecule has 3 aliphatic heterocycles. The Hall–Kier alpha value is -2.00. The second-order valence-corrected chi connectivity index (χ2v) is 7.16. The topological polar surface area (TPSA) is 84.3 Å². The molecule has 8 nitrogen and oxygen atoms in total. The Balaban J connectivity index is 1.45. The van der Waals surface area contributed by atoms with Crippen LogP contribution < -0.4 is 0 Å². The van der Waals surface area contributed by atoms with Crippen LogP contribution in [0.5, 0.6) is 0 Å². The lowest BCUT2D eigenvalue weighted by molar-refractivity contribution is -0.128. The summed E-state index contributed by atoms with van der Waals surface area (Å²) < 4.78 is 5.27. The molecule has 0 spiro atoms. The summed E-state index contributed by atoms with van der Waals surface area (Å²) in [6.07, 6.45) is -0.242. The maximum absolute atomic E-state index is 12.6. The minimum Gasteiger partial charge on any atom is -0.389 e. The SMILES string of the molecule is Cc1nc(C(=O)N2C[C@@H]3C(C(=O)N4CCOCC4)=NO[C@@H]3C2)cs1. The molecule has 4 rings (SSSR count). The zero-order chi connectivity index (χ0) is 16.7. The Morgan fingerprint density at radius 3 is 2.71 bits per heavy atom. The number of oxime groups is 1. The van der Waals surface area contributed by atoms with Crippen LogP contribution in [-0.4, -0.2) is 77.8 Å². The van der Waals surface area contributed by atoms with E-state index in [1.807, 2.05) is 6.92 Å². The van der Waals surface area contributed by atoms with Gasteiger partial charge in [0.15, 0.2) is 11.8 Å². The molecule has 9 heteroatoms. The van der Waals surface area contributed by atoms with E-state index in [9.17, 15) is 9.59 Å². The molecule has 0 aliphatic carbocycles. The number of aromatic nitrogens is 1. The quantitative estimate of drug-likeness (QED) is 0.757. The highest BCUT2D eigenvalue weighted by molar-refractivity contribution is 7.09. The molecule has 2 amide bonds. The van der Waals surface area contributed by atoms with Gasteiger partial charge in [-0.1, -0.05) is 5.16 Å². The van der Waals surface area contributed by atoms with Gasteiger partial charge in [0.1, 0.15) is 5.69 Å². The van der Waals surface area contributed by atoms with Gasteiger partial charge >= 0.3 is 0 Å². The highest BCUT2D eigenvalue weighted by Crippen LogP contribution is 2.29. The van der Waals surface area contributed by atoms with Gasteiger partial charge in [0.25, 0.3) is 11.8 Å². The van der Waals surface area contributed by atoms with Crippen molar-refractivity contribution < 1.29 is 19.2 Å². The van der Waals surface area contributed by atoms with E-state index in [0.717, 1.165) is 5.01 Å². The number of aryl methyl sites for hydroxylation is 1. The number of amides is 2. The fourth-order valence-electron chi connectivity index (χ4n) is 3.25. The van der Waals surface area contributed by atoms with Gasteiger partial charge < -0.3 is 19.4 Å². The number of thiazole rings is 1. The number of morpholine rings is 1. The lowest BCUT2D eigenvalue weighted by Gasteiger charge is -2.27. The molecule has 0 saturated carbocycles. The van der Waals surface area contributed by atoms with Crippen LogP contribution in [-0.2, 0) is 14.4 Å². The van der Waals surface area contributed by atoms with Crippen molar-refractivity contribution >= 4 is 28.9 Å². The first-order valence-electron chi connectivity index (χ1n) is 7.95. The minimum absolute atomic E-state index is 0.107. The fourth-order valence-corrected chi connectivity index (χ4v) is 3.84. The van der Waals surface area contributed by atoms with E-state index in [1.54, 1.807) is 15.2 Å². The lowest BCUT2D eigenvalue weighted by atomic mass is 10.00. The molecule has 0 radical (unpaired) electrons. The first-order chi connectivity index (χ1) is 11.6. The van der Waals surface area contributed by atoms with E-state index in [1.165, 1.54) is 11.3 Å². The van der Waals surface area contributed by atoms with Crippen molar-refractivity contribution in [1.82, 2.24) is 14.8 Å². The highest BCUT2D eigenvalue weighted by Gasteiger charge is 2.47. The molecule has 4 heterocycles. The van der Waals surface area contributed by atoms with E-state index in [2.05, 4.69) is 10.1 Å². The maximum atomic E-state index is 12.6. The van der Waals surface area contributed by atoms with Crippen molar-refractivity contribution in [3.8, 4) is 0 Å². The summed E-state index contributed by atoms with van der Waals surface area (Å²) >= 11 is 1.45. The van der Waals surface area contributed by atoms with Gasteiger partial charge in [-0.15, -0.1) is 11.3 Å².